The Kier molecular flexibility index (Phi) is 6.73. The molecule has 2 aromatic rings. The molecular weight excluding hydrogens is 406 g/mol. The molecule has 1 heterocycles. The molecule has 2 N–H and O–H groups in total. The summed E-state index contributed by atoms with van der Waals surface area (Å²) in [6, 6.07) is 7.37. The minimum Gasteiger partial charge on any atom is -0.493 e. The number of sulfonamides is 1. The van der Waals surface area contributed by atoms with Crippen LogP contribution in [0, 0.1) is 13.8 Å². The summed E-state index contributed by atoms with van der Waals surface area (Å²) in [7, 11) is -3.63. The highest BCUT2D eigenvalue weighted by Gasteiger charge is 2.38. The van der Waals surface area contributed by atoms with Crippen molar-refractivity contribution in [3.8, 4) is 5.75 Å². The zero-order chi connectivity index (χ0) is 21.2. The molecule has 1 aliphatic carbocycles. The highest BCUT2D eigenvalue weighted by Crippen LogP contribution is 2.44. The SMILES string of the molecule is CCOc1c(C)cc(S(=O)(=O)NCC2(c3ccc(C(C)O)s3)CCCC2)cc1C. The molecule has 0 bridgehead atoms. The Morgan fingerprint density at radius 1 is 1.21 bits per heavy atom. The first-order valence-electron chi connectivity index (χ1n) is 10.2. The van der Waals surface area contributed by atoms with Crippen LogP contribution in [0.2, 0.25) is 0 Å². The number of nitrogens with one attached hydrogen (secondary N) is 1. The lowest BCUT2D eigenvalue weighted by atomic mass is 9.85. The number of aliphatic hydroxyl groups is 1. The number of benzene rings is 1. The number of hydrogen-bond acceptors (Lipinski definition) is 5. The highest BCUT2D eigenvalue weighted by atomic mass is 32.2. The van der Waals surface area contributed by atoms with Crippen LogP contribution < -0.4 is 9.46 Å². The smallest absolute Gasteiger partial charge is 0.240 e. The fourth-order valence-corrected chi connectivity index (χ4v) is 6.66. The summed E-state index contributed by atoms with van der Waals surface area (Å²) in [5.74, 6) is 0.753. The first-order chi connectivity index (χ1) is 13.7. The van der Waals surface area contributed by atoms with E-state index in [1.54, 1.807) is 30.4 Å². The molecule has 1 atom stereocenters. The van der Waals surface area contributed by atoms with Crippen molar-refractivity contribution in [2.45, 2.75) is 69.8 Å². The zero-order valence-corrected chi connectivity index (χ0v) is 19.3. The van der Waals surface area contributed by atoms with Gasteiger partial charge in [0.05, 0.1) is 17.6 Å². The molecule has 29 heavy (non-hydrogen) atoms. The van der Waals surface area contributed by atoms with E-state index in [9.17, 15) is 13.5 Å². The lowest BCUT2D eigenvalue weighted by Gasteiger charge is -2.28. The summed E-state index contributed by atoms with van der Waals surface area (Å²) in [6.07, 6.45) is 3.59. The Labute approximate surface area is 178 Å². The second-order valence-electron chi connectivity index (χ2n) is 8.01. The van der Waals surface area contributed by atoms with E-state index in [4.69, 9.17) is 4.74 Å². The van der Waals surface area contributed by atoms with Gasteiger partial charge in [0.25, 0.3) is 0 Å². The maximum Gasteiger partial charge on any atom is 0.240 e. The van der Waals surface area contributed by atoms with Gasteiger partial charge in [0.2, 0.25) is 10.0 Å². The van der Waals surface area contributed by atoms with E-state index in [0.717, 1.165) is 52.3 Å². The summed E-state index contributed by atoms with van der Waals surface area (Å²) in [5, 5.41) is 9.87. The largest absolute Gasteiger partial charge is 0.493 e. The van der Waals surface area contributed by atoms with Crippen molar-refractivity contribution in [1.29, 1.82) is 0 Å². The molecule has 1 aliphatic rings. The molecule has 0 amide bonds. The van der Waals surface area contributed by atoms with Gasteiger partial charge in [-0.1, -0.05) is 12.8 Å². The molecule has 0 radical (unpaired) electrons. The van der Waals surface area contributed by atoms with Crippen molar-refractivity contribution in [2.24, 2.45) is 0 Å². The molecule has 7 heteroatoms. The average Bonchev–Trinajstić information content (AvgIpc) is 3.33. The van der Waals surface area contributed by atoms with E-state index in [-0.39, 0.29) is 10.3 Å². The number of hydrogen-bond donors (Lipinski definition) is 2. The number of rotatable bonds is 8. The van der Waals surface area contributed by atoms with Crippen molar-refractivity contribution >= 4 is 21.4 Å². The molecule has 1 fully saturated rings. The fraction of sp³-hybridized carbons (Fsp3) is 0.545. The van der Waals surface area contributed by atoms with Crippen molar-refractivity contribution in [3.63, 3.8) is 0 Å². The Hall–Kier alpha value is -1.41. The van der Waals surface area contributed by atoms with Gasteiger partial charge in [0.1, 0.15) is 5.75 Å². The monoisotopic (exact) mass is 437 g/mol. The third-order valence-corrected chi connectivity index (χ3v) is 8.64. The molecule has 1 saturated carbocycles. The average molecular weight is 438 g/mol. The van der Waals surface area contributed by atoms with Crippen LogP contribution in [0.5, 0.6) is 5.75 Å². The molecular formula is C22H31NO4S2. The topological polar surface area (TPSA) is 75.6 Å². The second kappa shape index (κ2) is 8.76. The van der Waals surface area contributed by atoms with Gasteiger partial charge in [-0.25, -0.2) is 13.1 Å². The normalized spacial score (nSPS) is 17.4. The summed E-state index contributed by atoms with van der Waals surface area (Å²) >= 11 is 1.59. The van der Waals surface area contributed by atoms with E-state index in [2.05, 4.69) is 10.8 Å². The standard InChI is InChI=1S/C22H31NO4S2/c1-5-27-21-15(2)12-18(13-16(21)3)29(25,26)23-14-22(10-6-7-11-22)20-9-8-19(28-20)17(4)24/h8-9,12-13,17,23-24H,5-7,10-11,14H2,1-4H3. The van der Waals surface area contributed by atoms with Gasteiger partial charge >= 0.3 is 0 Å². The molecule has 160 valence electrons. The van der Waals surface area contributed by atoms with Gasteiger partial charge in [0, 0.05) is 21.7 Å². The van der Waals surface area contributed by atoms with E-state index in [0.29, 0.717) is 13.2 Å². The van der Waals surface area contributed by atoms with Crippen molar-refractivity contribution in [1.82, 2.24) is 4.72 Å². The van der Waals surface area contributed by atoms with E-state index in [1.807, 2.05) is 26.8 Å². The minimum atomic E-state index is -3.63. The van der Waals surface area contributed by atoms with Gasteiger partial charge in [-0.3, -0.25) is 0 Å². The van der Waals surface area contributed by atoms with Gasteiger partial charge in [-0.05, 0) is 75.9 Å². The lowest BCUT2D eigenvalue weighted by Crippen LogP contribution is -2.38. The molecule has 1 aromatic heterocycles. The van der Waals surface area contributed by atoms with Gasteiger partial charge in [0.15, 0.2) is 0 Å². The van der Waals surface area contributed by atoms with Gasteiger partial charge in [-0.15, -0.1) is 11.3 Å². The van der Waals surface area contributed by atoms with Crippen molar-refractivity contribution in [3.05, 3.63) is 45.1 Å². The summed E-state index contributed by atoms with van der Waals surface area (Å²) in [4.78, 5) is 2.36. The van der Waals surface area contributed by atoms with Crippen molar-refractivity contribution in [2.75, 3.05) is 13.2 Å². The second-order valence-corrected chi connectivity index (χ2v) is 10.9. The van der Waals surface area contributed by atoms with E-state index >= 15 is 0 Å². The number of thiophene rings is 1. The maximum atomic E-state index is 13.1. The maximum absolute atomic E-state index is 13.1. The summed E-state index contributed by atoms with van der Waals surface area (Å²) in [5.41, 5.74) is 1.45. The lowest BCUT2D eigenvalue weighted by molar-refractivity contribution is 0.203. The highest BCUT2D eigenvalue weighted by molar-refractivity contribution is 7.89. The Morgan fingerprint density at radius 3 is 2.34 bits per heavy atom. The summed E-state index contributed by atoms with van der Waals surface area (Å²) in [6.45, 7) is 8.34. The molecule has 0 aliphatic heterocycles. The van der Waals surface area contributed by atoms with Crippen molar-refractivity contribution < 1.29 is 18.3 Å². The minimum absolute atomic E-state index is 0.194. The Balaban J connectivity index is 1.84. The van der Waals surface area contributed by atoms with Crippen LogP contribution >= 0.6 is 11.3 Å². The van der Waals surface area contributed by atoms with Crippen LogP contribution in [0.15, 0.2) is 29.2 Å². The van der Waals surface area contributed by atoms with E-state index in [1.165, 1.54) is 0 Å². The first-order valence-corrected chi connectivity index (χ1v) is 12.5. The number of aliphatic hydroxyl groups excluding tert-OH is 1. The van der Waals surface area contributed by atoms with Gasteiger partial charge < -0.3 is 9.84 Å². The quantitative estimate of drug-likeness (QED) is 0.632. The van der Waals surface area contributed by atoms with Gasteiger partial charge in [-0.2, -0.15) is 0 Å². The molecule has 0 saturated heterocycles. The molecule has 0 spiro atoms. The third-order valence-electron chi connectivity index (χ3n) is 5.76. The molecule has 1 aromatic carbocycles. The predicted molar refractivity (Wildman–Crippen MR) is 117 cm³/mol. The Bertz CT molecular complexity index is 934. The van der Waals surface area contributed by atoms with Crippen LogP contribution in [-0.4, -0.2) is 26.7 Å². The molecule has 5 nitrogen and oxygen atoms in total. The molecule has 3 rings (SSSR count). The van der Waals surface area contributed by atoms with Crippen LogP contribution in [0.4, 0.5) is 0 Å². The third kappa shape index (κ3) is 4.68. The summed E-state index contributed by atoms with van der Waals surface area (Å²) < 4.78 is 34.6. The van der Waals surface area contributed by atoms with Crippen LogP contribution in [0.3, 0.4) is 0 Å². The van der Waals surface area contributed by atoms with Crippen LogP contribution in [0.1, 0.15) is 66.5 Å². The molecule has 1 unspecified atom stereocenters. The first kappa shape index (κ1) is 22.3. The Morgan fingerprint density at radius 2 is 1.83 bits per heavy atom. The number of ether oxygens (including phenoxy) is 1. The zero-order valence-electron chi connectivity index (χ0n) is 17.6. The van der Waals surface area contributed by atoms with E-state index < -0.39 is 16.1 Å². The fourth-order valence-electron chi connectivity index (χ4n) is 4.18. The number of aryl methyl sites for hydroxylation is 2. The predicted octanol–water partition coefficient (Wildman–Crippen LogP) is 4.61. The van der Waals surface area contributed by atoms with Crippen LogP contribution in [-0.2, 0) is 15.4 Å². The van der Waals surface area contributed by atoms with Crippen LogP contribution in [0.25, 0.3) is 0 Å².